The minimum absolute atomic E-state index is 0.211. The van der Waals surface area contributed by atoms with E-state index in [9.17, 15) is 4.79 Å². The van der Waals surface area contributed by atoms with Crippen molar-refractivity contribution >= 4 is 13.6 Å². The summed E-state index contributed by atoms with van der Waals surface area (Å²) >= 11 is 0. The lowest BCUT2D eigenvalue weighted by atomic mass is 9.48. The first-order valence-electron chi connectivity index (χ1n) is 10.6. The summed E-state index contributed by atoms with van der Waals surface area (Å²) in [5, 5.41) is 0. The van der Waals surface area contributed by atoms with E-state index in [1.807, 2.05) is 0 Å². The van der Waals surface area contributed by atoms with Crippen molar-refractivity contribution in [3.8, 4) is 0 Å². The Balaban J connectivity index is 1.81. The van der Waals surface area contributed by atoms with E-state index in [1.54, 1.807) is 0 Å². The molecule has 9 atom stereocenters. The molecule has 0 aromatic heterocycles. The topological polar surface area (TPSA) is 17.1 Å². The fraction of sp³-hybridized carbons (Fsp3) is 0.955. The molecule has 0 N–H and O–H groups in total. The van der Waals surface area contributed by atoms with Crippen LogP contribution < -0.4 is 0 Å². The van der Waals surface area contributed by atoms with Crippen LogP contribution in [0, 0.1) is 52.8 Å². The zero-order valence-corrected chi connectivity index (χ0v) is 16.6. The molecular formula is C22H37BO. The highest BCUT2D eigenvalue weighted by molar-refractivity contribution is 6.20. The maximum atomic E-state index is 12.7. The first-order chi connectivity index (χ1) is 11.4. The fourth-order valence-corrected chi connectivity index (χ4v) is 7.18. The van der Waals surface area contributed by atoms with Gasteiger partial charge >= 0.3 is 0 Å². The van der Waals surface area contributed by atoms with E-state index in [2.05, 4.69) is 34.6 Å². The van der Waals surface area contributed by atoms with E-state index in [0.29, 0.717) is 11.7 Å². The number of carbonyl (C=O) groups excluding carboxylic acids is 1. The van der Waals surface area contributed by atoms with Crippen molar-refractivity contribution in [1.82, 2.24) is 0 Å². The zero-order valence-electron chi connectivity index (χ0n) is 16.6. The molecule has 0 amide bonds. The van der Waals surface area contributed by atoms with E-state index < -0.39 is 0 Å². The third-order valence-electron chi connectivity index (χ3n) is 8.72. The minimum atomic E-state index is 0.211. The molecule has 0 aromatic rings. The van der Waals surface area contributed by atoms with Crippen LogP contribution in [0.25, 0.3) is 0 Å². The van der Waals surface area contributed by atoms with Gasteiger partial charge in [0, 0.05) is 5.92 Å². The lowest BCUT2D eigenvalue weighted by molar-refractivity contribution is -0.137. The molecular weight excluding hydrogens is 291 g/mol. The fourth-order valence-electron chi connectivity index (χ4n) is 7.18. The number of unbranched alkanes of at least 4 members (excludes halogenated alkanes) is 1. The summed E-state index contributed by atoms with van der Waals surface area (Å²) < 4.78 is 0. The molecule has 0 bridgehead atoms. The second-order valence-corrected chi connectivity index (χ2v) is 9.78. The summed E-state index contributed by atoms with van der Waals surface area (Å²) in [6, 6.07) is 0. The van der Waals surface area contributed by atoms with Crippen molar-refractivity contribution in [1.29, 1.82) is 0 Å². The number of carbonyl (C=O) groups is 1. The molecule has 2 radical (unpaired) electrons. The first kappa shape index (κ1) is 18.5. The van der Waals surface area contributed by atoms with Gasteiger partial charge in [-0.05, 0) is 72.4 Å². The molecule has 3 saturated carbocycles. The number of Topliss-reactive ketones (excluding diaryl/α,β-unsaturated/α-hetero) is 1. The number of rotatable bonds is 6. The van der Waals surface area contributed by atoms with Gasteiger partial charge in [0.05, 0.1) is 7.85 Å². The zero-order chi connectivity index (χ0) is 17.6. The predicted octanol–water partition coefficient (Wildman–Crippen LogP) is 5.54. The maximum Gasteiger partial charge on any atom is 0.128 e. The van der Waals surface area contributed by atoms with Crippen molar-refractivity contribution in [2.45, 2.75) is 79.5 Å². The van der Waals surface area contributed by atoms with Crippen molar-refractivity contribution in [3.05, 3.63) is 0 Å². The van der Waals surface area contributed by atoms with Crippen molar-refractivity contribution in [3.63, 3.8) is 0 Å². The Kier molecular flexibility index (Phi) is 5.25. The van der Waals surface area contributed by atoms with Gasteiger partial charge in [0.2, 0.25) is 0 Å². The SMILES string of the molecule is [B]CC(=O)C1C2C(C)C2C[C@H]2[C@H](C)C([C@H](C)CCCC)CC[C@]12C. The van der Waals surface area contributed by atoms with Gasteiger partial charge in [-0.2, -0.15) is 0 Å². The molecule has 2 heteroatoms. The molecule has 3 aliphatic carbocycles. The maximum absolute atomic E-state index is 12.7. The molecule has 3 fully saturated rings. The summed E-state index contributed by atoms with van der Waals surface area (Å²) in [6.45, 7) is 12.1. The standard InChI is InChI=1S/C22H37BO/c1-6-7-8-13(2)16-9-10-22(5)18(14(16)3)11-17-15(4)20(17)21(22)19(24)12-23/h13-18,20-21H,6-12H2,1-5H3/t13-,14-,15?,16?,17?,18+,20?,21?,22+/m1/s1. The molecule has 3 rings (SSSR count). The second-order valence-electron chi connectivity index (χ2n) is 9.78. The molecule has 24 heavy (non-hydrogen) atoms. The van der Waals surface area contributed by atoms with Gasteiger partial charge in [-0.25, -0.2) is 0 Å². The lowest BCUT2D eigenvalue weighted by Gasteiger charge is -2.56. The van der Waals surface area contributed by atoms with E-state index in [1.165, 1.54) is 38.5 Å². The average Bonchev–Trinajstić information content (AvgIpc) is 3.19. The monoisotopic (exact) mass is 328 g/mol. The summed E-state index contributed by atoms with van der Waals surface area (Å²) in [7, 11) is 5.83. The highest BCUT2D eigenvalue weighted by Gasteiger charge is 2.66. The molecule has 1 nitrogen and oxygen atoms in total. The largest absolute Gasteiger partial charge is 0.300 e. The average molecular weight is 328 g/mol. The van der Waals surface area contributed by atoms with E-state index >= 15 is 0 Å². The second kappa shape index (κ2) is 6.80. The van der Waals surface area contributed by atoms with Crippen molar-refractivity contribution < 1.29 is 4.79 Å². The van der Waals surface area contributed by atoms with Crippen LogP contribution in [0.1, 0.15) is 73.1 Å². The van der Waals surface area contributed by atoms with Crippen LogP contribution in [0.3, 0.4) is 0 Å². The van der Waals surface area contributed by atoms with Crippen molar-refractivity contribution in [2.75, 3.05) is 0 Å². The molecule has 0 heterocycles. The van der Waals surface area contributed by atoms with Gasteiger partial charge < -0.3 is 4.79 Å². The Bertz CT molecular complexity index is 475. The first-order valence-corrected chi connectivity index (χ1v) is 10.6. The molecule has 0 aliphatic heterocycles. The third kappa shape index (κ3) is 2.80. The van der Waals surface area contributed by atoms with Crippen LogP contribution in [0.4, 0.5) is 0 Å². The lowest BCUT2D eigenvalue weighted by Crippen LogP contribution is -2.51. The van der Waals surface area contributed by atoms with Crippen molar-refractivity contribution in [2.24, 2.45) is 52.8 Å². The molecule has 134 valence electrons. The number of hydrogen-bond donors (Lipinski definition) is 0. The predicted molar refractivity (Wildman–Crippen MR) is 102 cm³/mol. The number of ketones is 1. The summed E-state index contributed by atoms with van der Waals surface area (Å²) in [5.41, 5.74) is 0.211. The number of hydrogen-bond acceptors (Lipinski definition) is 1. The summed E-state index contributed by atoms with van der Waals surface area (Å²) in [4.78, 5) is 12.7. The molecule has 3 aliphatic rings. The molecule has 0 aromatic carbocycles. The molecule has 0 spiro atoms. The normalized spacial score (nSPS) is 48.3. The van der Waals surface area contributed by atoms with Gasteiger partial charge in [0.25, 0.3) is 0 Å². The quantitative estimate of drug-likeness (QED) is 0.585. The Morgan fingerprint density at radius 2 is 2.00 bits per heavy atom. The Hall–Kier alpha value is -0.265. The van der Waals surface area contributed by atoms with Crippen LogP contribution in [-0.4, -0.2) is 13.6 Å². The Labute approximate surface area is 151 Å². The highest BCUT2D eigenvalue weighted by Crippen LogP contribution is 2.70. The van der Waals surface area contributed by atoms with Gasteiger partial charge in [0.1, 0.15) is 5.78 Å². The number of fused-ring (bicyclic) bond motifs is 2. The Morgan fingerprint density at radius 3 is 2.62 bits per heavy atom. The van der Waals surface area contributed by atoms with Gasteiger partial charge in [0.15, 0.2) is 0 Å². The molecule has 5 unspecified atom stereocenters. The van der Waals surface area contributed by atoms with E-state index in [-0.39, 0.29) is 17.7 Å². The van der Waals surface area contributed by atoms with Crippen LogP contribution in [-0.2, 0) is 4.79 Å². The van der Waals surface area contributed by atoms with Gasteiger partial charge in [-0.3, -0.25) is 0 Å². The smallest absolute Gasteiger partial charge is 0.128 e. The van der Waals surface area contributed by atoms with E-state index in [0.717, 1.165) is 35.5 Å². The summed E-state index contributed by atoms with van der Waals surface area (Å²) in [6.07, 6.45) is 8.23. The minimum Gasteiger partial charge on any atom is -0.300 e. The van der Waals surface area contributed by atoms with Crippen LogP contribution in [0.5, 0.6) is 0 Å². The van der Waals surface area contributed by atoms with Gasteiger partial charge in [-0.15, -0.1) is 0 Å². The Morgan fingerprint density at radius 1 is 1.29 bits per heavy atom. The molecule has 0 saturated heterocycles. The van der Waals surface area contributed by atoms with Crippen LogP contribution in [0.2, 0.25) is 6.32 Å². The summed E-state index contributed by atoms with van der Waals surface area (Å²) in [5.74, 6) is 5.97. The highest BCUT2D eigenvalue weighted by atomic mass is 16.1. The van der Waals surface area contributed by atoms with Crippen LogP contribution >= 0.6 is 0 Å². The van der Waals surface area contributed by atoms with E-state index in [4.69, 9.17) is 7.85 Å². The van der Waals surface area contributed by atoms with Crippen LogP contribution in [0.15, 0.2) is 0 Å². The van der Waals surface area contributed by atoms with Gasteiger partial charge in [-0.1, -0.05) is 53.9 Å². The third-order valence-corrected chi connectivity index (χ3v) is 8.72.